The maximum absolute atomic E-state index is 12.3. The van der Waals surface area contributed by atoms with E-state index >= 15 is 0 Å². The summed E-state index contributed by atoms with van der Waals surface area (Å²) in [5.74, 6) is 0.571. The number of aryl methyl sites for hydroxylation is 1. The molecule has 3 N–H and O–H groups in total. The predicted molar refractivity (Wildman–Crippen MR) is 97.2 cm³/mol. The van der Waals surface area contributed by atoms with Crippen molar-refractivity contribution in [2.45, 2.75) is 32.2 Å². The van der Waals surface area contributed by atoms with E-state index in [4.69, 9.17) is 5.73 Å². The number of anilines is 1. The van der Waals surface area contributed by atoms with E-state index in [1.165, 1.54) is 4.31 Å². The van der Waals surface area contributed by atoms with Gasteiger partial charge in [0.2, 0.25) is 10.0 Å². The number of halogens is 1. The van der Waals surface area contributed by atoms with Crippen LogP contribution in [0.2, 0.25) is 0 Å². The van der Waals surface area contributed by atoms with Crippen molar-refractivity contribution in [2.24, 2.45) is 11.7 Å². The summed E-state index contributed by atoms with van der Waals surface area (Å²) in [6.45, 7) is 2.80. The highest BCUT2D eigenvalue weighted by molar-refractivity contribution is 7.93. The van der Waals surface area contributed by atoms with E-state index in [1.54, 1.807) is 18.2 Å². The summed E-state index contributed by atoms with van der Waals surface area (Å²) in [4.78, 5) is 12.3. The number of rotatable bonds is 5. The monoisotopic (exact) mass is 373 g/mol. The first-order chi connectivity index (χ1) is 10.9. The molecular weight excluding hydrogens is 350 g/mol. The second-order valence-corrected chi connectivity index (χ2v) is 8.47. The molecule has 1 aliphatic heterocycles. The molecule has 6 nitrogen and oxygen atoms in total. The van der Waals surface area contributed by atoms with E-state index in [9.17, 15) is 13.2 Å². The molecule has 2 aliphatic rings. The summed E-state index contributed by atoms with van der Waals surface area (Å²) < 4.78 is 25.4. The molecule has 1 aliphatic carbocycles. The van der Waals surface area contributed by atoms with Gasteiger partial charge in [-0.25, -0.2) is 8.42 Å². The van der Waals surface area contributed by atoms with Gasteiger partial charge in [0, 0.05) is 24.7 Å². The number of nitrogens with one attached hydrogen (secondary N) is 1. The molecule has 2 fully saturated rings. The lowest BCUT2D eigenvalue weighted by Crippen LogP contribution is -2.38. The molecule has 8 heteroatoms. The van der Waals surface area contributed by atoms with Gasteiger partial charge < -0.3 is 11.1 Å². The summed E-state index contributed by atoms with van der Waals surface area (Å²) in [5, 5.41) is 2.87. The molecule has 1 unspecified atom stereocenters. The number of sulfonamides is 1. The van der Waals surface area contributed by atoms with Gasteiger partial charge in [-0.3, -0.25) is 9.10 Å². The van der Waals surface area contributed by atoms with Gasteiger partial charge in [0.25, 0.3) is 5.91 Å². The van der Waals surface area contributed by atoms with Crippen molar-refractivity contribution in [3.63, 3.8) is 0 Å². The van der Waals surface area contributed by atoms with Crippen LogP contribution in [0.15, 0.2) is 18.2 Å². The fourth-order valence-corrected chi connectivity index (χ4v) is 4.54. The second kappa shape index (κ2) is 7.29. The Balaban J connectivity index is 0.00000208. The number of carbonyl (C=O) groups excluding carboxylic acids is 1. The Morgan fingerprint density at radius 2 is 2.12 bits per heavy atom. The summed E-state index contributed by atoms with van der Waals surface area (Å²) in [5.41, 5.74) is 7.95. The van der Waals surface area contributed by atoms with Crippen LogP contribution in [-0.4, -0.2) is 39.2 Å². The number of benzene rings is 1. The largest absolute Gasteiger partial charge is 0.350 e. The zero-order valence-corrected chi connectivity index (χ0v) is 15.3. The highest BCUT2D eigenvalue weighted by Crippen LogP contribution is 2.31. The van der Waals surface area contributed by atoms with E-state index in [1.807, 2.05) is 6.92 Å². The van der Waals surface area contributed by atoms with Gasteiger partial charge in [-0.2, -0.15) is 0 Å². The first kappa shape index (κ1) is 19.0. The van der Waals surface area contributed by atoms with Crippen LogP contribution in [0.4, 0.5) is 5.69 Å². The minimum Gasteiger partial charge on any atom is -0.350 e. The number of amides is 1. The van der Waals surface area contributed by atoms with Crippen molar-refractivity contribution in [1.29, 1.82) is 0 Å². The van der Waals surface area contributed by atoms with Crippen LogP contribution < -0.4 is 15.4 Å². The fraction of sp³-hybridized carbons (Fsp3) is 0.562. The molecule has 0 radical (unpaired) electrons. The Hall–Kier alpha value is -1.31. The Morgan fingerprint density at radius 3 is 2.67 bits per heavy atom. The van der Waals surface area contributed by atoms with E-state index < -0.39 is 10.0 Å². The zero-order valence-electron chi connectivity index (χ0n) is 13.7. The minimum atomic E-state index is -3.20. The van der Waals surface area contributed by atoms with Gasteiger partial charge in [-0.15, -0.1) is 12.4 Å². The lowest BCUT2D eigenvalue weighted by atomic mass is 10.1. The average Bonchev–Trinajstić information content (AvgIpc) is 3.28. The molecule has 0 bridgehead atoms. The van der Waals surface area contributed by atoms with Crippen molar-refractivity contribution in [3.8, 4) is 0 Å². The van der Waals surface area contributed by atoms with Crippen molar-refractivity contribution in [3.05, 3.63) is 29.3 Å². The smallest absolute Gasteiger partial charge is 0.251 e. The fourth-order valence-electron chi connectivity index (χ4n) is 2.98. The second-order valence-electron chi connectivity index (χ2n) is 6.45. The Bertz CT molecular complexity index is 719. The number of hydrogen-bond donors (Lipinski definition) is 2. The quantitative estimate of drug-likeness (QED) is 0.816. The Kier molecular flexibility index (Phi) is 5.78. The molecule has 134 valence electrons. The molecule has 1 atom stereocenters. The van der Waals surface area contributed by atoms with E-state index in [0.29, 0.717) is 36.7 Å². The van der Waals surface area contributed by atoms with Gasteiger partial charge in [0.05, 0.1) is 11.4 Å². The molecule has 24 heavy (non-hydrogen) atoms. The van der Waals surface area contributed by atoms with E-state index in [0.717, 1.165) is 18.4 Å². The predicted octanol–water partition coefficient (Wildman–Crippen LogP) is 1.42. The van der Waals surface area contributed by atoms with Crippen LogP contribution in [0.1, 0.15) is 35.2 Å². The van der Waals surface area contributed by atoms with E-state index in [2.05, 4.69) is 5.32 Å². The topological polar surface area (TPSA) is 92.5 Å². The van der Waals surface area contributed by atoms with Gasteiger partial charge in [-0.1, -0.05) is 0 Å². The maximum Gasteiger partial charge on any atom is 0.251 e. The first-order valence-corrected chi connectivity index (χ1v) is 9.64. The van der Waals surface area contributed by atoms with Crippen molar-refractivity contribution in [1.82, 2.24) is 5.32 Å². The number of hydrogen-bond acceptors (Lipinski definition) is 4. The van der Waals surface area contributed by atoms with Crippen LogP contribution in [0.5, 0.6) is 0 Å². The van der Waals surface area contributed by atoms with Gasteiger partial charge >= 0.3 is 0 Å². The van der Waals surface area contributed by atoms with Gasteiger partial charge in [0.15, 0.2) is 0 Å². The lowest BCUT2D eigenvalue weighted by Gasteiger charge is -2.18. The molecular formula is C16H24ClN3O3S. The molecule has 1 heterocycles. The SMILES string of the molecule is Cc1cc(N2CCCS2(=O)=O)ccc1C(=O)NCC(N)C1CC1.Cl. The molecule has 1 amide bonds. The third-order valence-corrected chi connectivity index (χ3v) is 6.44. The third kappa shape index (κ3) is 4.02. The number of carbonyl (C=O) groups is 1. The first-order valence-electron chi connectivity index (χ1n) is 8.03. The lowest BCUT2D eigenvalue weighted by molar-refractivity contribution is 0.0949. The maximum atomic E-state index is 12.3. The minimum absolute atomic E-state index is 0. The van der Waals surface area contributed by atoms with Crippen molar-refractivity contribution in [2.75, 3.05) is 23.1 Å². The van der Waals surface area contributed by atoms with Crippen molar-refractivity contribution < 1.29 is 13.2 Å². The average molecular weight is 374 g/mol. The van der Waals surface area contributed by atoms with Crippen LogP contribution >= 0.6 is 12.4 Å². The summed E-state index contributed by atoms with van der Waals surface area (Å²) >= 11 is 0. The molecule has 1 saturated heterocycles. The Morgan fingerprint density at radius 1 is 1.42 bits per heavy atom. The summed E-state index contributed by atoms with van der Waals surface area (Å²) in [6, 6.07) is 5.18. The van der Waals surface area contributed by atoms with Crippen molar-refractivity contribution >= 4 is 34.0 Å². The molecule has 0 spiro atoms. The molecule has 1 aromatic rings. The summed E-state index contributed by atoms with van der Waals surface area (Å²) in [7, 11) is -3.20. The van der Waals surface area contributed by atoms with Gasteiger partial charge in [0.1, 0.15) is 0 Å². The van der Waals surface area contributed by atoms with Crippen LogP contribution in [-0.2, 0) is 10.0 Å². The molecule has 0 aromatic heterocycles. The van der Waals surface area contributed by atoms with Crippen LogP contribution in [0, 0.1) is 12.8 Å². The molecule has 1 aromatic carbocycles. The molecule has 3 rings (SSSR count). The van der Waals surface area contributed by atoms with E-state index in [-0.39, 0.29) is 30.1 Å². The number of nitrogens with zero attached hydrogens (tertiary/aromatic N) is 1. The zero-order chi connectivity index (χ0) is 16.6. The van der Waals surface area contributed by atoms with Crippen LogP contribution in [0.25, 0.3) is 0 Å². The normalized spacial score (nSPS) is 20.3. The summed E-state index contributed by atoms with van der Waals surface area (Å²) in [6.07, 6.45) is 2.94. The highest BCUT2D eigenvalue weighted by atomic mass is 35.5. The highest BCUT2D eigenvalue weighted by Gasteiger charge is 2.30. The standard InChI is InChI=1S/C16H23N3O3S.ClH/c1-11-9-13(19-7-2-8-23(19,21)22)5-6-14(11)16(20)18-10-15(17)12-3-4-12;/h5-6,9,12,15H,2-4,7-8,10,17H2,1H3,(H,18,20);1H. The van der Waals surface area contributed by atoms with Crippen LogP contribution in [0.3, 0.4) is 0 Å². The molecule has 1 saturated carbocycles. The third-order valence-electron chi connectivity index (χ3n) is 4.57. The van der Waals surface area contributed by atoms with Gasteiger partial charge in [-0.05, 0) is 55.9 Å². The number of nitrogens with two attached hydrogens (primary N) is 1. The Labute approximate surface area is 149 Å².